The minimum atomic E-state index is -0.631. The lowest BCUT2D eigenvalue weighted by molar-refractivity contribution is 0.0391. The summed E-state index contributed by atoms with van der Waals surface area (Å²) in [6.45, 7) is 2.05. The third kappa shape index (κ3) is 1.46. The summed E-state index contributed by atoms with van der Waals surface area (Å²) in [5.41, 5.74) is -0.631. The molecule has 66 valence electrons. The van der Waals surface area contributed by atoms with Crippen molar-refractivity contribution in [2.75, 3.05) is 13.1 Å². The Kier molecular flexibility index (Phi) is 1.82. The highest BCUT2D eigenvalue weighted by Crippen LogP contribution is 2.15. The van der Waals surface area contributed by atoms with E-state index >= 15 is 0 Å². The van der Waals surface area contributed by atoms with Crippen LogP contribution in [0.2, 0.25) is 0 Å². The van der Waals surface area contributed by atoms with Crippen molar-refractivity contribution in [2.24, 2.45) is 0 Å². The summed E-state index contributed by atoms with van der Waals surface area (Å²) < 4.78 is 1.66. The Morgan fingerprint density at radius 2 is 2.58 bits per heavy atom. The van der Waals surface area contributed by atoms with Gasteiger partial charge >= 0.3 is 0 Å². The van der Waals surface area contributed by atoms with Crippen molar-refractivity contribution in [2.45, 2.75) is 18.6 Å². The van der Waals surface area contributed by atoms with Gasteiger partial charge in [0.25, 0.3) is 0 Å². The van der Waals surface area contributed by atoms with Gasteiger partial charge in [0.2, 0.25) is 0 Å². The molecule has 0 aromatic carbocycles. The Hall–Kier alpha value is -0.940. The van der Waals surface area contributed by atoms with Crippen LogP contribution in [0.15, 0.2) is 12.4 Å². The van der Waals surface area contributed by atoms with Gasteiger partial charge in [0.15, 0.2) is 0 Å². The van der Waals surface area contributed by atoms with Crippen LogP contribution in [0.1, 0.15) is 6.42 Å². The van der Waals surface area contributed by atoms with E-state index in [0.29, 0.717) is 13.1 Å². The standard InChI is InChI=1S/C7H12N4O/c12-7(1-2-8-5-7)6-11-4-3-9-10-11/h3-4,8,12H,1-2,5-6H2/t7-/m0/s1. The molecular formula is C7H12N4O. The Bertz CT molecular complexity index is 240. The summed E-state index contributed by atoms with van der Waals surface area (Å²) >= 11 is 0. The monoisotopic (exact) mass is 168 g/mol. The van der Waals surface area contributed by atoms with Crippen LogP contribution in [-0.4, -0.2) is 38.8 Å². The molecule has 2 rings (SSSR count). The Balaban J connectivity index is 2.02. The molecule has 0 saturated carbocycles. The number of β-amino-alcohol motifs (C(OH)–C–C–N with tert-alkyl or cyclic N) is 1. The highest BCUT2D eigenvalue weighted by atomic mass is 16.3. The first-order chi connectivity index (χ1) is 5.79. The molecule has 0 radical (unpaired) electrons. The maximum absolute atomic E-state index is 9.91. The highest BCUT2D eigenvalue weighted by molar-refractivity contribution is 4.87. The van der Waals surface area contributed by atoms with Crippen LogP contribution in [-0.2, 0) is 6.54 Å². The van der Waals surface area contributed by atoms with E-state index in [9.17, 15) is 5.11 Å². The molecular weight excluding hydrogens is 156 g/mol. The van der Waals surface area contributed by atoms with Gasteiger partial charge in [0.1, 0.15) is 0 Å². The van der Waals surface area contributed by atoms with Gasteiger partial charge in [-0.15, -0.1) is 5.10 Å². The van der Waals surface area contributed by atoms with Crippen LogP contribution in [0.5, 0.6) is 0 Å². The number of nitrogens with one attached hydrogen (secondary N) is 1. The molecule has 1 atom stereocenters. The molecule has 1 aliphatic heterocycles. The molecule has 5 nitrogen and oxygen atoms in total. The highest BCUT2D eigenvalue weighted by Gasteiger charge is 2.31. The van der Waals surface area contributed by atoms with E-state index in [1.54, 1.807) is 17.1 Å². The minimum absolute atomic E-state index is 0.528. The average molecular weight is 168 g/mol. The van der Waals surface area contributed by atoms with E-state index in [1.165, 1.54) is 0 Å². The van der Waals surface area contributed by atoms with Crippen molar-refractivity contribution in [1.29, 1.82) is 0 Å². The van der Waals surface area contributed by atoms with Crippen molar-refractivity contribution >= 4 is 0 Å². The summed E-state index contributed by atoms with van der Waals surface area (Å²) in [4.78, 5) is 0. The Labute approximate surface area is 70.4 Å². The number of nitrogens with zero attached hydrogens (tertiary/aromatic N) is 3. The van der Waals surface area contributed by atoms with Crippen LogP contribution >= 0.6 is 0 Å². The summed E-state index contributed by atoms with van der Waals surface area (Å²) in [5, 5.41) is 20.5. The number of rotatable bonds is 2. The van der Waals surface area contributed by atoms with Crippen molar-refractivity contribution in [3.05, 3.63) is 12.4 Å². The lowest BCUT2D eigenvalue weighted by atomic mass is 10.0. The summed E-state index contributed by atoms with van der Waals surface area (Å²) in [6.07, 6.45) is 4.16. The summed E-state index contributed by atoms with van der Waals surface area (Å²) in [7, 11) is 0. The predicted octanol–water partition coefficient (Wildman–Crippen LogP) is -0.998. The van der Waals surface area contributed by atoms with Gasteiger partial charge in [0, 0.05) is 12.7 Å². The first-order valence-electron chi connectivity index (χ1n) is 4.06. The summed E-state index contributed by atoms with van der Waals surface area (Å²) in [5.74, 6) is 0. The molecule has 2 N–H and O–H groups in total. The molecule has 0 spiro atoms. The second kappa shape index (κ2) is 2.84. The van der Waals surface area contributed by atoms with Crippen LogP contribution in [0.3, 0.4) is 0 Å². The fraction of sp³-hybridized carbons (Fsp3) is 0.714. The van der Waals surface area contributed by atoms with Crippen LogP contribution in [0.4, 0.5) is 0 Å². The first kappa shape index (κ1) is 7.70. The van der Waals surface area contributed by atoms with Crippen molar-refractivity contribution < 1.29 is 5.11 Å². The number of hydrogen-bond acceptors (Lipinski definition) is 4. The lowest BCUT2D eigenvalue weighted by Crippen LogP contribution is -2.36. The predicted molar refractivity (Wildman–Crippen MR) is 42.5 cm³/mol. The van der Waals surface area contributed by atoms with Crippen LogP contribution in [0.25, 0.3) is 0 Å². The van der Waals surface area contributed by atoms with Gasteiger partial charge in [-0.1, -0.05) is 5.21 Å². The first-order valence-corrected chi connectivity index (χ1v) is 4.06. The third-order valence-corrected chi connectivity index (χ3v) is 2.15. The normalized spacial score (nSPS) is 29.4. The van der Waals surface area contributed by atoms with E-state index in [2.05, 4.69) is 15.6 Å². The smallest absolute Gasteiger partial charge is 0.0978 e. The second-order valence-corrected chi connectivity index (χ2v) is 3.25. The molecule has 5 heteroatoms. The van der Waals surface area contributed by atoms with E-state index in [0.717, 1.165) is 13.0 Å². The van der Waals surface area contributed by atoms with Crippen molar-refractivity contribution in [1.82, 2.24) is 20.3 Å². The zero-order chi connectivity index (χ0) is 8.44. The quantitative estimate of drug-likeness (QED) is 0.594. The topological polar surface area (TPSA) is 63.0 Å². The Morgan fingerprint density at radius 3 is 3.17 bits per heavy atom. The maximum atomic E-state index is 9.91. The van der Waals surface area contributed by atoms with E-state index in [1.807, 2.05) is 0 Å². The minimum Gasteiger partial charge on any atom is -0.387 e. The van der Waals surface area contributed by atoms with Crippen LogP contribution in [0, 0.1) is 0 Å². The fourth-order valence-electron chi connectivity index (χ4n) is 1.48. The lowest BCUT2D eigenvalue weighted by Gasteiger charge is -2.20. The van der Waals surface area contributed by atoms with E-state index in [-0.39, 0.29) is 0 Å². The van der Waals surface area contributed by atoms with Gasteiger partial charge in [0.05, 0.1) is 18.3 Å². The molecule has 1 saturated heterocycles. The Morgan fingerprint density at radius 1 is 1.67 bits per heavy atom. The van der Waals surface area contributed by atoms with Crippen molar-refractivity contribution in [3.8, 4) is 0 Å². The molecule has 2 heterocycles. The maximum Gasteiger partial charge on any atom is 0.0978 e. The number of hydrogen-bond donors (Lipinski definition) is 2. The molecule has 12 heavy (non-hydrogen) atoms. The molecule has 0 unspecified atom stereocenters. The molecule has 1 aromatic rings. The third-order valence-electron chi connectivity index (χ3n) is 2.15. The molecule has 1 fully saturated rings. The SMILES string of the molecule is O[C@@]1(Cn2ccnn2)CCNC1. The zero-order valence-corrected chi connectivity index (χ0v) is 6.77. The van der Waals surface area contributed by atoms with Gasteiger partial charge in [-0.25, -0.2) is 4.68 Å². The molecule has 0 bridgehead atoms. The molecule has 0 aliphatic carbocycles. The van der Waals surface area contributed by atoms with Crippen molar-refractivity contribution in [3.63, 3.8) is 0 Å². The molecule has 1 aliphatic rings. The molecule has 1 aromatic heterocycles. The molecule has 0 amide bonds. The van der Waals surface area contributed by atoms with Gasteiger partial charge < -0.3 is 10.4 Å². The second-order valence-electron chi connectivity index (χ2n) is 3.25. The summed E-state index contributed by atoms with van der Waals surface area (Å²) in [6, 6.07) is 0. The average Bonchev–Trinajstić information content (AvgIpc) is 2.62. The van der Waals surface area contributed by atoms with Crippen LogP contribution < -0.4 is 5.32 Å². The zero-order valence-electron chi connectivity index (χ0n) is 6.77. The number of aliphatic hydroxyl groups is 1. The number of aromatic nitrogens is 3. The van der Waals surface area contributed by atoms with Gasteiger partial charge in [-0.3, -0.25) is 0 Å². The van der Waals surface area contributed by atoms with E-state index < -0.39 is 5.60 Å². The fourth-order valence-corrected chi connectivity index (χ4v) is 1.48. The largest absolute Gasteiger partial charge is 0.387 e. The van der Waals surface area contributed by atoms with Gasteiger partial charge in [-0.2, -0.15) is 0 Å². The van der Waals surface area contributed by atoms with E-state index in [4.69, 9.17) is 0 Å². The van der Waals surface area contributed by atoms with Gasteiger partial charge in [-0.05, 0) is 13.0 Å².